The largest absolute Gasteiger partial charge is 0.388 e. The van der Waals surface area contributed by atoms with Gasteiger partial charge in [-0.2, -0.15) is 0 Å². The van der Waals surface area contributed by atoms with Gasteiger partial charge in [-0.05, 0) is 36.6 Å². The fraction of sp³-hybridized carbons (Fsp3) is 0.667. The van der Waals surface area contributed by atoms with Crippen LogP contribution >= 0.6 is 11.3 Å². The maximum atomic E-state index is 11.8. The molecule has 1 aromatic heterocycles. The molecule has 106 valence electrons. The molecule has 0 bridgehead atoms. The van der Waals surface area contributed by atoms with E-state index in [-0.39, 0.29) is 5.91 Å². The van der Waals surface area contributed by atoms with Crippen LogP contribution in [-0.2, 0) is 11.2 Å². The van der Waals surface area contributed by atoms with Crippen LogP contribution in [0.4, 0.5) is 0 Å². The molecule has 1 fully saturated rings. The second-order valence-corrected chi connectivity index (χ2v) is 6.81. The molecule has 2 rings (SSSR count). The van der Waals surface area contributed by atoms with Gasteiger partial charge in [-0.3, -0.25) is 4.79 Å². The molecule has 1 aromatic rings. The minimum Gasteiger partial charge on any atom is -0.388 e. The highest BCUT2D eigenvalue weighted by molar-refractivity contribution is 7.09. The Morgan fingerprint density at radius 3 is 3.16 bits per heavy atom. The van der Waals surface area contributed by atoms with Crippen molar-refractivity contribution in [1.82, 2.24) is 5.32 Å². The highest BCUT2D eigenvalue weighted by Gasteiger charge is 2.32. The van der Waals surface area contributed by atoms with Crippen molar-refractivity contribution in [3.05, 3.63) is 22.4 Å². The molecule has 0 aliphatic heterocycles. The number of amides is 1. The minimum atomic E-state index is -0.684. The number of thiophene rings is 1. The molecule has 3 nitrogen and oxygen atoms in total. The topological polar surface area (TPSA) is 49.3 Å². The first-order valence-corrected chi connectivity index (χ1v) is 7.97. The van der Waals surface area contributed by atoms with Crippen LogP contribution < -0.4 is 5.32 Å². The van der Waals surface area contributed by atoms with E-state index >= 15 is 0 Å². The summed E-state index contributed by atoms with van der Waals surface area (Å²) in [5.74, 6) is 0.599. The van der Waals surface area contributed by atoms with E-state index in [2.05, 4.69) is 12.2 Å². The molecule has 1 amide bonds. The van der Waals surface area contributed by atoms with E-state index in [1.807, 2.05) is 17.5 Å². The molecular weight excluding hydrogens is 258 g/mol. The monoisotopic (exact) mass is 281 g/mol. The van der Waals surface area contributed by atoms with Crippen LogP contribution in [0, 0.1) is 5.92 Å². The first kappa shape index (κ1) is 14.5. The summed E-state index contributed by atoms with van der Waals surface area (Å²) in [7, 11) is 0. The van der Waals surface area contributed by atoms with Crippen LogP contribution in [-0.4, -0.2) is 23.2 Å². The second kappa shape index (κ2) is 6.53. The molecule has 4 heteroatoms. The molecule has 1 saturated carbocycles. The van der Waals surface area contributed by atoms with Crippen molar-refractivity contribution < 1.29 is 9.90 Å². The lowest BCUT2D eigenvalue weighted by Crippen LogP contribution is -2.45. The van der Waals surface area contributed by atoms with E-state index in [0.717, 1.165) is 25.7 Å². The molecular formula is C15H23NO2S. The summed E-state index contributed by atoms with van der Waals surface area (Å²) in [6.07, 6.45) is 5.16. The maximum Gasteiger partial charge on any atom is 0.220 e. The molecule has 2 unspecified atom stereocenters. The number of carbonyl (C=O) groups is 1. The molecule has 2 atom stereocenters. The summed E-state index contributed by atoms with van der Waals surface area (Å²) >= 11 is 1.68. The van der Waals surface area contributed by atoms with E-state index in [4.69, 9.17) is 0 Å². The minimum absolute atomic E-state index is 0.0417. The first-order valence-electron chi connectivity index (χ1n) is 7.09. The fourth-order valence-corrected chi connectivity index (χ4v) is 3.54. The zero-order valence-corrected chi connectivity index (χ0v) is 12.3. The van der Waals surface area contributed by atoms with Crippen LogP contribution in [0.15, 0.2) is 17.5 Å². The first-order chi connectivity index (χ1) is 9.07. The normalized spacial score (nSPS) is 27.2. The van der Waals surface area contributed by atoms with Crippen molar-refractivity contribution in [2.45, 2.75) is 51.0 Å². The Morgan fingerprint density at radius 2 is 2.47 bits per heavy atom. The predicted octanol–water partition coefficient (Wildman–Crippen LogP) is 2.74. The zero-order chi connectivity index (χ0) is 13.7. The van der Waals surface area contributed by atoms with Gasteiger partial charge in [0.15, 0.2) is 0 Å². The molecule has 0 aromatic carbocycles. The quantitative estimate of drug-likeness (QED) is 0.872. The van der Waals surface area contributed by atoms with Crippen molar-refractivity contribution in [2.75, 3.05) is 6.54 Å². The third-order valence-corrected chi connectivity index (χ3v) is 4.80. The van der Waals surface area contributed by atoms with Gasteiger partial charge in [-0.1, -0.05) is 25.8 Å². The lowest BCUT2D eigenvalue weighted by Gasteiger charge is -2.35. The van der Waals surface area contributed by atoms with E-state index in [9.17, 15) is 9.90 Å². The Hall–Kier alpha value is -0.870. The van der Waals surface area contributed by atoms with Gasteiger partial charge in [0, 0.05) is 17.8 Å². The van der Waals surface area contributed by atoms with E-state index in [1.54, 1.807) is 11.3 Å². The molecule has 19 heavy (non-hydrogen) atoms. The van der Waals surface area contributed by atoms with Crippen LogP contribution in [0.5, 0.6) is 0 Å². The van der Waals surface area contributed by atoms with Gasteiger partial charge in [-0.15, -0.1) is 11.3 Å². The average molecular weight is 281 g/mol. The van der Waals surface area contributed by atoms with E-state index in [0.29, 0.717) is 18.9 Å². The number of aryl methyl sites for hydroxylation is 1. The number of rotatable bonds is 5. The Bertz CT molecular complexity index is 404. The molecule has 0 radical (unpaired) electrons. The number of carbonyl (C=O) groups excluding carboxylic acids is 1. The number of aliphatic hydroxyl groups is 1. The number of nitrogens with one attached hydrogen (secondary N) is 1. The molecule has 2 N–H and O–H groups in total. The van der Waals surface area contributed by atoms with Gasteiger partial charge in [0.05, 0.1) is 5.60 Å². The lowest BCUT2D eigenvalue weighted by atomic mass is 9.79. The van der Waals surface area contributed by atoms with Gasteiger partial charge in [0.1, 0.15) is 0 Å². The lowest BCUT2D eigenvalue weighted by molar-refractivity contribution is -0.122. The van der Waals surface area contributed by atoms with E-state index < -0.39 is 5.60 Å². The fourth-order valence-electron chi connectivity index (χ4n) is 2.84. The summed E-state index contributed by atoms with van der Waals surface area (Å²) in [6.45, 7) is 2.57. The summed E-state index contributed by atoms with van der Waals surface area (Å²) in [5.41, 5.74) is -0.684. The second-order valence-electron chi connectivity index (χ2n) is 5.78. The van der Waals surface area contributed by atoms with Gasteiger partial charge in [0.2, 0.25) is 5.91 Å². The van der Waals surface area contributed by atoms with Crippen molar-refractivity contribution in [3.63, 3.8) is 0 Å². The standard InChI is InChI=1S/C15H23NO2S/c1-12-4-2-8-15(18,10-12)11-16-14(17)7-6-13-5-3-9-19-13/h3,5,9,12,18H,2,4,6-8,10-11H2,1H3,(H,16,17). The number of hydrogen-bond donors (Lipinski definition) is 2. The van der Waals surface area contributed by atoms with Crippen LogP contribution in [0.25, 0.3) is 0 Å². The van der Waals surface area contributed by atoms with Crippen molar-refractivity contribution in [3.8, 4) is 0 Å². The summed E-state index contributed by atoms with van der Waals surface area (Å²) < 4.78 is 0. The molecule has 0 spiro atoms. The van der Waals surface area contributed by atoms with Crippen molar-refractivity contribution in [1.29, 1.82) is 0 Å². The predicted molar refractivity (Wildman–Crippen MR) is 78.2 cm³/mol. The third-order valence-electron chi connectivity index (χ3n) is 3.86. The van der Waals surface area contributed by atoms with Crippen LogP contribution in [0.3, 0.4) is 0 Å². The van der Waals surface area contributed by atoms with E-state index in [1.165, 1.54) is 11.3 Å². The maximum absolute atomic E-state index is 11.8. The smallest absolute Gasteiger partial charge is 0.220 e. The van der Waals surface area contributed by atoms with Gasteiger partial charge in [0.25, 0.3) is 0 Å². The summed E-state index contributed by atoms with van der Waals surface area (Å²) in [5, 5.41) is 15.3. The highest BCUT2D eigenvalue weighted by Crippen LogP contribution is 2.31. The Morgan fingerprint density at radius 1 is 1.63 bits per heavy atom. The molecule has 0 saturated heterocycles. The Balaban J connectivity index is 1.70. The third kappa shape index (κ3) is 4.62. The van der Waals surface area contributed by atoms with Crippen molar-refractivity contribution >= 4 is 17.2 Å². The average Bonchev–Trinajstić information content (AvgIpc) is 2.87. The summed E-state index contributed by atoms with van der Waals surface area (Å²) in [6, 6.07) is 4.05. The van der Waals surface area contributed by atoms with Crippen LogP contribution in [0.2, 0.25) is 0 Å². The number of hydrogen-bond acceptors (Lipinski definition) is 3. The molecule has 1 aliphatic rings. The van der Waals surface area contributed by atoms with Gasteiger partial charge in [-0.25, -0.2) is 0 Å². The van der Waals surface area contributed by atoms with Gasteiger partial charge < -0.3 is 10.4 Å². The Kier molecular flexibility index (Phi) is 4.99. The Labute approximate surface area is 119 Å². The van der Waals surface area contributed by atoms with Crippen molar-refractivity contribution in [2.24, 2.45) is 5.92 Å². The SMILES string of the molecule is CC1CCCC(O)(CNC(=O)CCc2cccs2)C1. The molecule has 1 aliphatic carbocycles. The zero-order valence-electron chi connectivity index (χ0n) is 11.5. The van der Waals surface area contributed by atoms with Gasteiger partial charge >= 0.3 is 0 Å². The highest BCUT2D eigenvalue weighted by atomic mass is 32.1. The summed E-state index contributed by atoms with van der Waals surface area (Å²) in [4.78, 5) is 13.0. The van der Waals surface area contributed by atoms with Crippen LogP contribution in [0.1, 0.15) is 43.9 Å². The molecule has 1 heterocycles.